The molecule has 0 rings (SSSR count). The fraction of sp³-hybridized carbons (Fsp3) is 0.630. The maximum atomic E-state index is 12.7. The molecule has 0 radical (unpaired) electrons. The second kappa shape index (κ2) is 37.4. The molecule has 0 amide bonds. The number of nitrogens with zero attached hydrogens (tertiary/aromatic N) is 1. The number of rotatable bonds is 36. The van der Waals surface area contributed by atoms with Gasteiger partial charge < -0.3 is 28.5 Å². The molecular formula is C46H76NO8+. The minimum Gasteiger partial charge on any atom is -0.477 e. The minimum atomic E-state index is -1.54. The summed E-state index contributed by atoms with van der Waals surface area (Å²) in [4.78, 5) is 36.9. The predicted octanol–water partition coefficient (Wildman–Crippen LogP) is 10.5. The third kappa shape index (κ3) is 38.5. The normalized spacial score (nSPS) is 13.8. The quantitative estimate of drug-likeness (QED) is 0.0221. The number of carbonyl (C=O) groups is 3. The summed E-state index contributed by atoms with van der Waals surface area (Å²) in [5.41, 5.74) is 0. The van der Waals surface area contributed by atoms with Gasteiger partial charge in [-0.15, -0.1) is 0 Å². The van der Waals surface area contributed by atoms with E-state index >= 15 is 0 Å². The molecule has 312 valence electrons. The molecule has 0 aromatic heterocycles. The van der Waals surface area contributed by atoms with E-state index in [1.165, 1.54) is 25.7 Å². The van der Waals surface area contributed by atoms with E-state index in [1.54, 1.807) is 6.08 Å². The van der Waals surface area contributed by atoms with Crippen LogP contribution in [0.3, 0.4) is 0 Å². The molecule has 0 aliphatic carbocycles. The average molecular weight is 771 g/mol. The smallest absolute Gasteiger partial charge is 0.361 e. The van der Waals surface area contributed by atoms with Crippen molar-refractivity contribution < 1.29 is 42.9 Å². The number of carboxylic acids is 1. The third-order valence-corrected chi connectivity index (χ3v) is 8.17. The van der Waals surface area contributed by atoms with Crippen LogP contribution in [-0.4, -0.2) is 87.4 Å². The maximum Gasteiger partial charge on any atom is 0.361 e. The van der Waals surface area contributed by atoms with Gasteiger partial charge in [0.15, 0.2) is 6.10 Å². The first-order valence-corrected chi connectivity index (χ1v) is 20.8. The number of hydrogen-bond donors (Lipinski definition) is 1. The van der Waals surface area contributed by atoms with Crippen molar-refractivity contribution in [2.45, 2.75) is 142 Å². The van der Waals surface area contributed by atoms with Crippen molar-refractivity contribution in [3.8, 4) is 0 Å². The van der Waals surface area contributed by atoms with Crippen molar-refractivity contribution >= 4 is 17.9 Å². The first kappa shape index (κ1) is 51.5. The van der Waals surface area contributed by atoms with Crippen molar-refractivity contribution in [2.24, 2.45) is 0 Å². The predicted molar refractivity (Wildman–Crippen MR) is 226 cm³/mol. The largest absolute Gasteiger partial charge is 0.477 e. The molecule has 0 heterocycles. The highest BCUT2D eigenvalue weighted by Gasteiger charge is 2.24. The van der Waals surface area contributed by atoms with Crippen LogP contribution in [0.15, 0.2) is 85.1 Å². The minimum absolute atomic E-state index is 0.0201. The Kier molecular flexibility index (Phi) is 35.0. The molecular weight excluding hydrogens is 695 g/mol. The van der Waals surface area contributed by atoms with Crippen LogP contribution in [0.2, 0.25) is 0 Å². The molecule has 0 saturated carbocycles. The van der Waals surface area contributed by atoms with Gasteiger partial charge in [-0.25, -0.2) is 4.79 Å². The fourth-order valence-corrected chi connectivity index (χ4v) is 4.94. The van der Waals surface area contributed by atoms with E-state index in [-0.39, 0.29) is 32.7 Å². The first-order chi connectivity index (χ1) is 26.6. The van der Waals surface area contributed by atoms with Crippen LogP contribution in [0.4, 0.5) is 0 Å². The topological polar surface area (TPSA) is 108 Å². The number of hydrogen-bond acceptors (Lipinski definition) is 7. The van der Waals surface area contributed by atoms with Crippen molar-refractivity contribution in [2.75, 3.05) is 47.5 Å². The number of quaternary nitrogens is 1. The summed E-state index contributed by atoms with van der Waals surface area (Å²) in [7, 11) is 5.91. The van der Waals surface area contributed by atoms with Crippen LogP contribution in [0.5, 0.6) is 0 Å². The highest BCUT2D eigenvalue weighted by atomic mass is 16.7. The summed E-state index contributed by atoms with van der Waals surface area (Å²) in [6, 6.07) is 0. The van der Waals surface area contributed by atoms with Crippen molar-refractivity contribution in [1.29, 1.82) is 0 Å². The Morgan fingerprint density at radius 1 is 0.582 bits per heavy atom. The Hall–Kier alpha value is -3.53. The molecule has 0 aliphatic heterocycles. The number of carbonyl (C=O) groups excluding carboxylic acids is 2. The van der Waals surface area contributed by atoms with Crippen LogP contribution in [0, 0.1) is 0 Å². The molecule has 55 heavy (non-hydrogen) atoms. The number of ether oxygens (including phenoxy) is 4. The summed E-state index contributed by atoms with van der Waals surface area (Å²) in [6.45, 7) is 4.56. The number of aliphatic carboxylic acids is 1. The van der Waals surface area contributed by atoms with E-state index in [9.17, 15) is 19.5 Å². The monoisotopic (exact) mass is 771 g/mol. The Morgan fingerprint density at radius 3 is 1.64 bits per heavy atom. The third-order valence-electron chi connectivity index (χ3n) is 8.17. The van der Waals surface area contributed by atoms with Crippen molar-refractivity contribution in [1.82, 2.24) is 0 Å². The molecule has 0 aromatic carbocycles. The van der Waals surface area contributed by atoms with Crippen LogP contribution in [0.25, 0.3) is 0 Å². The fourth-order valence-electron chi connectivity index (χ4n) is 4.94. The lowest BCUT2D eigenvalue weighted by atomic mass is 10.1. The van der Waals surface area contributed by atoms with E-state index in [2.05, 4.69) is 80.7 Å². The second-order valence-corrected chi connectivity index (χ2v) is 14.6. The molecule has 0 saturated heterocycles. The molecule has 0 fully saturated rings. The van der Waals surface area contributed by atoms with Crippen LogP contribution >= 0.6 is 0 Å². The molecule has 9 heteroatoms. The molecule has 0 bridgehead atoms. The van der Waals surface area contributed by atoms with Gasteiger partial charge in [-0.3, -0.25) is 9.59 Å². The maximum absolute atomic E-state index is 12.7. The Balaban J connectivity index is 4.67. The molecule has 0 aliphatic rings. The second-order valence-electron chi connectivity index (χ2n) is 14.6. The van der Waals surface area contributed by atoms with Gasteiger partial charge in [0.1, 0.15) is 13.2 Å². The van der Waals surface area contributed by atoms with Gasteiger partial charge in [0.2, 0.25) is 0 Å². The van der Waals surface area contributed by atoms with E-state index in [0.717, 1.165) is 64.2 Å². The van der Waals surface area contributed by atoms with Gasteiger partial charge in [-0.1, -0.05) is 131 Å². The zero-order valence-corrected chi connectivity index (χ0v) is 35.0. The summed E-state index contributed by atoms with van der Waals surface area (Å²) >= 11 is 0. The Labute approximate surface area is 334 Å². The van der Waals surface area contributed by atoms with Gasteiger partial charge in [0.05, 0.1) is 40.8 Å². The molecule has 2 unspecified atom stereocenters. The number of carboxylic acid groups (broad SMARTS) is 1. The molecule has 0 aromatic rings. The van der Waals surface area contributed by atoms with Crippen LogP contribution in [0.1, 0.15) is 129 Å². The average Bonchev–Trinajstić information content (AvgIpc) is 3.14. The van der Waals surface area contributed by atoms with Gasteiger partial charge in [-0.2, -0.15) is 0 Å². The van der Waals surface area contributed by atoms with Gasteiger partial charge in [-0.05, 0) is 70.6 Å². The van der Waals surface area contributed by atoms with Gasteiger partial charge in [0.25, 0.3) is 6.29 Å². The van der Waals surface area contributed by atoms with Gasteiger partial charge >= 0.3 is 17.9 Å². The van der Waals surface area contributed by atoms with Crippen molar-refractivity contribution in [3.05, 3.63) is 85.1 Å². The van der Waals surface area contributed by atoms with Crippen molar-refractivity contribution in [3.63, 3.8) is 0 Å². The zero-order chi connectivity index (χ0) is 40.7. The number of esters is 2. The lowest BCUT2D eigenvalue weighted by molar-refractivity contribution is -0.870. The number of unbranched alkanes of at least 4 members (excludes halogenated alkanes) is 8. The highest BCUT2D eigenvalue weighted by molar-refractivity contribution is 5.72. The van der Waals surface area contributed by atoms with E-state index in [1.807, 2.05) is 33.3 Å². The Bertz CT molecular complexity index is 1170. The van der Waals surface area contributed by atoms with Crippen LogP contribution in [-0.2, 0) is 33.3 Å². The number of allylic oxidation sites excluding steroid dienone is 13. The van der Waals surface area contributed by atoms with E-state index in [4.69, 9.17) is 18.9 Å². The molecule has 0 spiro atoms. The van der Waals surface area contributed by atoms with E-state index < -0.39 is 30.3 Å². The highest BCUT2D eigenvalue weighted by Crippen LogP contribution is 2.10. The summed E-state index contributed by atoms with van der Waals surface area (Å²) in [5, 5.41) is 9.60. The SMILES string of the molecule is CC/C=C\C/C=C\C/C=C\C/C=C\C/C=C\CC(=O)OC(COC(=O)CCCCCCC/C=C\C/C=C\CCCCC)COC(OCC[N+](C)(C)C)C(=O)O. The lowest BCUT2D eigenvalue weighted by Gasteiger charge is -2.25. The van der Waals surface area contributed by atoms with E-state index in [0.29, 0.717) is 23.9 Å². The summed E-state index contributed by atoms with van der Waals surface area (Å²) < 4.78 is 22.5. The summed E-state index contributed by atoms with van der Waals surface area (Å²) in [6.07, 6.45) is 43.9. The van der Waals surface area contributed by atoms with Gasteiger partial charge in [0, 0.05) is 6.42 Å². The number of likely N-dealkylation sites (N-methyl/N-ethyl adjacent to an activating group) is 1. The Morgan fingerprint density at radius 2 is 1.09 bits per heavy atom. The lowest BCUT2D eigenvalue weighted by Crippen LogP contribution is -2.40. The molecule has 9 nitrogen and oxygen atoms in total. The summed E-state index contributed by atoms with van der Waals surface area (Å²) in [5.74, 6) is -2.21. The molecule has 2 atom stereocenters. The molecule has 1 N–H and O–H groups in total. The zero-order valence-electron chi connectivity index (χ0n) is 35.0. The first-order valence-electron chi connectivity index (χ1n) is 20.8. The standard InChI is InChI=1S/C46H75NO8/c1-6-8-10-12-14-16-18-20-22-24-26-28-30-32-34-36-43(48)53-40-42(41-54-46(45(50)51)52-39-38-47(3,4)5)55-44(49)37-35-33-31-29-27-25-23-21-19-17-15-13-11-9-7-2/h9,11,14-17,20-23,27,29,33,35,42,46H,6-8,10,12-13,18-19,24-26,28,30-32,34,36-41H2,1-5H3/p+1/b11-9-,16-14-,17-15-,22-20-,23-21-,29-27-,35-33-. The van der Waals surface area contributed by atoms with Crippen LogP contribution < -0.4 is 0 Å².